The van der Waals surface area contributed by atoms with Crippen molar-refractivity contribution in [1.82, 2.24) is 14.7 Å². The van der Waals surface area contributed by atoms with Gasteiger partial charge in [0.15, 0.2) is 22.6 Å². The van der Waals surface area contributed by atoms with Crippen molar-refractivity contribution in [3.05, 3.63) is 105 Å². The average molecular weight is 1260 g/mol. The lowest BCUT2D eigenvalue weighted by Crippen LogP contribution is -2.51. The summed E-state index contributed by atoms with van der Waals surface area (Å²) in [5, 5.41) is 0. The van der Waals surface area contributed by atoms with Crippen LogP contribution in [-0.2, 0) is 82.1 Å². The maximum Gasteiger partial charge on any atom is 0.262 e. The van der Waals surface area contributed by atoms with E-state index < -0.39 is 16.6 Å². The van der Waals surface area contributed by atoms with E-state index in [9.17, 15) is 14.4 Å². The van der Waals surface area contributed by atoms with Crippen molar-refractivity contribution in [2.24, 2.45) is 54.7 Å². The summed E-state index contributed by atoms with van der Waals surface area (Å²) < 4.78 is 21.8. The highest BCUT2D eigenvalue weighted by Crippen LogP contribution is 2.65. The number of guanidine groups is 1. The molecule has 6 aliphatic carbocycles. The number of carbonyl (C=O) groups is 3. The van der Waals surface area contributed by atoms with Gasteiger partial charge in [-0.15, -0.1) is 0 Å². The molecule has 3 aromatic rings. The molecule has 0 radical (unpaired) electrons. The van der Waals surface area contributed by atoms with E-state index in [-0.39, 0.29) is 46.2 Å². The van der Waals surface area contributed by atoms with Gasteiger partial charge in [0.2, 0.25) is 0 Å². The van der Waals surface area contributed by atoms with Crippen molar-refractivity contribution in [3.63, 3.8) is 0 Å². The maximum atomic E-state index is 13.7. The Labute approximate surface area is 552 Å². The van der Waals surface area contributed by atoms with Crippen LogP contribution in [0.3, 0.4) is 0 Å². The molecule has 500 valence electrons. The monoisotopic (exact) mass is 1260 g/mol. The van der Waals surface area contributed by atoms with Crippen molar-refractivity contribution in [3.8, 4) is 11.8 Å². The first kappa shape index (κ1) is 69.1. The van der Waals surface area contributed by atoms with Crippen molar-refractivity contribution in [1.29, 1.82) is 0 Å². The lowest BCUT2D eigenvalue weighted by atomic mass is 9.61. The van der Waals surface area contributed by atoms with Gasteiger partial charge in [0.05, 0.1) is 18.3 Å². The fraction of sp³-hybridized carbons (Fsp3) is 0.667. The van der Waals surface area contributed by atoms with Crippen LogP contribution >= 0.6 is 0 Å². The predicted octanol–water partition coefficient (Wildman–Crippen LogP) is 13.8. The van der Waals surface area contributed by atoms with Crippen LogP contribution in [0.25, 0.3) is 0 Å². The van der Waals surface area contributed by atoms with Gasteiger partial charge in [-0.25, -0.2) is 4.99 Å². The molecule has 2 N–H and O–H groups in total. The van der Waals surface area contributed by atoms with Gasteiger partial charge in [-0.2, -0.15) is 0 Å². The molecule has 0 aromatic heterocycles. The summed E-state index contributed by atoms with van der Waals surface area (Å²) in [4.78, 5) is 61.3. The smallest absolute Gasteiger partial charge is 0.262 e. The largest absolute Gasteiger partial charge is 0.381 e. The lowest BCUT2D eigenvalue weighted by Gasteiger charge is -2.45. The van der Waals surface area contributed by atoms with Crippen molar-refractivity contribution >= 4 is 35.4 Å². The summed E-state index contributed by atoms with van der Waals surface area (Å²) in [6.07, 6.45) is 25.8. The third kappa shape index (κ3) is 12.6. The van der Waals surface area contributed by atoms with Crippen LogP contribution in [-0.4, -0.2) is 124 Å². The number of aryl methyl sites for hydroxylation is 2. The molecule has 4 aliphatic heterocycles. The zero-order valence-electron chi connectivity index (χ0n) is 58.7. The van der Waals surface area contributed by atoms with Gasteiger partial charge < -0.3 is 34.5 Å². The minimum Gasteiger partial charge on any atom is -0.381 e. The second-order valence-electron chi connectivity index (χ2n) is 30.3. The van der Waals surface area contributed by atoms with Crippen LogP contribution in [0.5, 0.6) is 0 Å². The van der Waals surface area contributed by atoms with E-state index in [1.54, 1.807) is 36.0 Å². The number of nitrogens with zero attached hydrogens (tertiary/aromatic N) is 6. The normalized spacial score (nSPS) is 30.7. The molecule has 3 atom stereocenters. The standard InChI is InChI=1S/C25H36N2O2.C25H32N2O2.C24H35N3O2.C4H8O/c2*1-17(2)7-6-8-19-9-10-20-16-24(13-11-21(29-5)12-14-24)25(22(20)15-19)23(28)27(4)18(3)26-25;1-16(2)6-5-7-17-8-9-18-15-23(12-10-19(29-4)11-13-23)24(20(18)14-17)21(28)27(3)22(25)26-24;1-2-4-5-3-1/h9-10,15,17,21H,6-8,11-14,16H2,1-5H3;9-10,15,17,21H,7,11-14,16H2,1-5H3;8-9,14,16,19H,5-7,10-13,15H2,1-4H3,(H2,25,26);1-4H2. The molecule has 0 bridgehead atoms. The third-order valence-electron chi connectivity index (χ3n) is 23.3. The second-order valence-corrected chi connectivity index (χ2v) is 30.3. The molecule has 3 saturated carbocycles. The number of aliphatic imine (C=N–C) groups is 3. The van der Waals surface area contributed by atoms with Crippen LogP contribution in [0.15, 0.2) is 69.6 Å². The predicted molar refractivity (Wildman–Crippen MR) is 369 cm³/mol. The SMILES string of the molecule is C1CCOC1.COC1CCC2(CC1)Cc1ccc(C#CCC(C)C)cc1C21N=C(C)N(C)C1=O.COC1CCC2(CC1)Cc1ccc(CCCC(C)C)cc1C21N=C(C)N(C)C1=O.COC1CCC2(CC1)Cc1ccc(CCCC(C)C)cc1C21N=C(N)N(C)C1=O. The third-order valence-corrected chi connectivity index (χ3v) is 23.3. The van der Waals surface area contributed by atoms with Crippen molar-refractivity contribution in [2.45, 2.75) is 244 Å². The Hall–Kier alpha value is -5.72. The first-order valence-electron chi connectivity index (χ1n) is 35.3. The van der Waals surface area contributed by atoms with Crippen LogP contribution < -0.4 is 5.73 Å². The molecular formula is C78H111N7O7. The highest BCUT2D eigenvalue weighted by Gasteiger charge is 2.69. The summed E-state index contributed by atoms with van der Waals surface area (Å²) >= 11 is 0. The van der Waals surface area contributed by atoms with Crippen LogP contribution in [0.1, 0.15) is 227 Å². The summed E-state index contributed by atoms with van der Waals surface area (Å²) in [6, 6.07) is 20.1. The number of amides is 3. The van der Waals surface area contributed by atoms with E-state index in [1.807, 2.05) is 35.1 Å². The summed E-state index contributed by atoms with van der Waals surface area (Å²) in [5.74, 6) is 10.9. The van der Waals surface area contributed by atoms with Crippen molar-refractivity contribution < 1.29 is 33.3 Å². The van der Waals surface area contributed by atoms with E-state index in [0.29, 0.717) is 23.9 Å². The number of likely N-dealkylation sites (N-methyl/N-ethyl adjacent to an activating group) is 3. The number of benzene rings is 3. The Morgan fingerprint density at radius 3 is 1.22 bits per heavy atom. The molecule has 14 nitrogen and oxygen atoms in total. The first-order valence-corrected chi connectivity index (χ1v) is 35.3. The summed E-state index contributed by atoms with van der Waals surface area (Å²) in [5.41, 5.74) is 14.3. The average Bonchev–Trinajstić information content (AvgIpc) is 1.54. The lowest BCUT2D eigenvalue weighted by molar-refractivity contribution is -0.138. The number of nitrogens with two attached hydrogens (primary N) is 1. The van der Waals surface area contributed by atoms with Gasteiger partial charge >= 0.3 is 0 Å². The summed E-state index contributed by atoms with van der Waals surface area (Å²) in [6.45, 7) is 19.4. The Balaban J connectivity index is 0.000000145. The molecule has 6 spiro atoms. The number of hydrogen-bond acceptors (Lipinski definition) is 11. The zero-order chi connectivity index (χ0) is 66.0. The Kier molecular flexibility index (Phi) is 21.3. The fourth-order valence-electron chi connectivity index (χ4n) is 17.8. The molecule has 10 aliphatic rings. The number of amidine groups is 2. The minimum atomic E-state index is -0.853. The first-order chi connectivity index (χ1) is 44.0. The molecule has 92 heavy (non-hydrogen) atoms. The molecule has 1 saturated heterocycles. The van der Waals surface area contributed by atoms with Gasteiger partial charge in [0.1, 0.15) is 11.7 Å². The molecule has 14 heteroatoms. The Bertz CT molecular complexity index is 3180. The second kappa shape index (κ2) is 28.3. The number of hydrogen-bond donors (Lipinski definition) is 1. The maximum absolute atomic E-state index is 13.7. The minimum absolute atomic E-state index is 0.0453. The fourth-order valence-corrected chi connectivity index (χ4v) is 17.8. The topological polar surface area (TPSA) is 161 Å². The number of fused-ring (bicyclic) bond motifs is 9. The molecule has 3 aromatic carbocycles. The van der Waals surface area contributed by atoms with E-state index in [1.165, 1.54) is 71.9 Å². The molecule has 3 amide bonds. The van der Waals surface area contributed by atoms with E-state index in [0.717, 1.165) is 163 Å². The highest BCUT2D eigenvalue weighted by molar-refractivity contribution is 6.10. The molecule has 4 heterocycles. The van der Waals surface area contributed by atoms with Crippen LogP contribution in [0.2, 0.25) is 0 Å². The van der Waals surface area contributed by atoms with E-state index >= 15 is 0 Å². The Morgan fingerprint density at radius 1 is 0.533 bits per heavy atom. The number of rotatable bonds is 12. The highest BCUT2D eigenvalue weighted by atomic mass is 16.5. The molecule has 4 fully saturated rings. The van der Waals surface area contributed by atoms with Gasteiger partial charge in [-0.05, 0) is 223 Å². The van der Waals surface area contributed by atoms with E-state index in [2.05, 4.69) is 108 Å². The van der Waals surface area contributed by atoms with Gasteiger partial charge in [-0.3, -0.25) is 29.3 Å². The number of methoxy groups -OCH3 is 3. The van der Waals surface area contributed by atoms with Crippen LogP contribution in [0, 0.1) is 45.8 Å². The van der Waals surface area contributed by atoms with Gasteiger partial charge in [-0.1, -0.05) is 109 Å². The summed E-state index contributed by atoms with van der Waals surface area (Å²) in [7, 11) is 10.9. The molecular weight excluding hydrogens is 1150 g/mol. The quantitative estimate of drug-likeness (QED) is 0.175. The van der Waals surface area contributed by atoms with E-state index in [4.69, 9.17) is 39.7 Å². The van der Waals surface area contributed by atoms with Gasteiger partial charge in [0, 0.05) is 83.9 Å². The molecule has 3 unspecified atom stereocenters. The Morgan fingerprint density at radius 2 is 0.902 bits per heavy atom. The van der Waals surface area contributed by atoms with Crippen molar-refractivity contribution in [2.75, 3.05) is 55.7 Å². The van der Waals surface area contributed by atoms with Crippen LogP contribution in [0.4, 0.5) is 0 Å². The van der Waals surface area contributed by atoms with Gasteiger partial charge in [0.25, 0.3) is 17.7 Å². The number of carbonyl (C=O) groups excluding carboxylic acids is 3. The zero-order valence-corrected chi connectivity index (χ0v) is 58.7. The molecule has 13 rings (SSSR count). The number of ether oxygens (including phenoxy) is 4.